The van der Waals surface area contributed by atoms with Gasteiger partial charge in [-0.2, -0.15) is 0 Å². The number of hydrogen-bond donors (Lipinski definition) is 0. The monoisotopic (exact) mass is 546 g/mol. The molecule has 0 N–H and O–H groups in total. The summed E-state index contributed by atoms with van der Waals surface area (Å²) in [5.74, 6) is 0.425. The molecular formula is C31H46O6S. The molecule has 0 radical (unpaired) electrons. The zero-order valence-corrected chi connectivity index (χ0v) is 25.1. The van der Waals surface area contributed by atoms with E-state index in [0.29, 0.717) is 24.0 Å². The molecule has 2 saturated heterocycles. The Morgan fingerprint density at radius 2 is 1.53 bits per heavy atom. The van der Waals surface area contributed by atoms with E-state index >= 15 is 0 Å². The van der Waals surface area contributed by atoms with E-state index in [1.807, 2.05) is 58.9 Å². The predicted octanol–water partition coefficient (Wildman–Crippen LogP) is 6.48. The molecule has 7 heteroatoms. The third-order valence-corrected chi connectivity index (χ3v) is 9.93. The maximum Gasteiger partial charge on any atom is 0.320 e. The van der Waals surface area contributed by atoms with Crippen LogP contribution in [0.1, 0.15) is 79.7 Å². The van der Waals surface area contributed by atoms with Crippen molar-refractivity contribution in [3.8, 4) is 5.75 Å². The van der Waals surface area contributed by atoms with Crippen molar-refractivity contribution in [2.75, 3.05) is 7.11 Å². The van der Waals surface area contributed by atoms with Crippen molar-refractivity contribution in [3.63, 3.8) is 0 Å². The molecule has 4 unspecified atom stereocenters. The van der Waals surface area contributed by atoms with Crippen LogP contribution in [0.25, 0.3) is 0 Å². The minimum Gasteiger partial charge on any atom is -0.497 e. The smallest absolute Gasteiger partial charge is 0.320 e. The van der Waals surface area contributed by atoms with Crippen LogP contribution in [0.2, 0.25) is 0 Å². The van der Waals surface area contributed by atoms with E-state index in [9.17, 15) is 14.4 Å². The van der Waals surface area contributed by atoms with Gasteiger partial charge in [-0.15, -0.1) is 11.8 Å². The van der Waals surface area contributed by atoms with Crippen LogP contribution in [-0.4, -0.2) is 41.8 Å². The van der Waals surface area contributed by atoms with Crippen molar-refractivity contribution in [2.24, 2.45) is 35.5 Å². The van der Waals surface area contributed by atoms with Crippen molar-refractivity contribution >= 4 is 29.5 Å². The zero-order chi connectivity index (χ0) is 28.2. The number of cyclic esters (lactones) is 1. The summed E-state index contributed by atoms with van der Waals surface area (Å²) >= 11 is 1.50. The van der Waals surface area contributed by atoms with Crippen LogP contribution in [0.15, 0.2) is 24.3 Å². The number of Topliss-reactive ketones (excluding diaryl/α,β-unsaturated/α-hetero) is 1. The lowest BCUT2D eigenvalue weighted by Gasteiger charge is -2.40. The highest BCUT2D eigenvalue weighted by Crippen LogP contribution is 2.49. The minimum absolute atomic E-state index is 0.123. The Kier molecular flexibility index (Phi) is 10.4. The van der Waals surface area contributed by atoms with E-state index in [1.165, 1.54) is 11.8 Å². The van der Waals surface area contributed by atoms with E-state index in [0.717, 1.165) is 30.6 Å². The molecule has 0 spiro atoms. The number of rotatable bonds is 5. The molecule has 9 atom stereocenters. The van der Waals surface area contributed by atoms with Crippen LogP contribution in [0.5, 0.6) is 5.75 Å². The van der Waals surface area contributed by atoms with Crippen molar-refractivity contribution in [1.29, 1.82) is 0 Å². The molecule has 0 amide bonds. The molecule has 6 nitrogen and oxygen atoms in total. The fourth-order valence-corrected chi connectivity index (χ4v) is 8.16. The van der Waals surface area contributed by atoms with Gasteiger partial charge in [-0.3, -0.25) is 14.4 Å². The number of esters is 2. The first-order chi connectivity index (χ1) is 17.9. The summed E-state index contributed by atoms with van der Waals surface area (Å²) in [7, 11) is 1.63. The lowest BCUT2D eigenvalue weighted by molar-refractivity contribution is -0.183. The molecule has 38 heavy (non-hydrogen) atoms. The topological polar surface area (TPSA) is 78.9 Å². The number of carbonyl (C=O) groups excluding carboxylic acids is 3. The average molecular weight is 547 g/mol. The highest BCUT2D eigenvalue weighted by atomic mass is 32.2. The molecule has 2 aliphatic heterocycles. The minimum atomic E-state index is -1.09. The second-order valence-electron chi connectivity index (χ2n) is 12.0. The number of methoxy groups -OCH3 is 1. The molecule has 2 heterocycles. The van der Waals surface area contributed by atoms with Gasteiger partial charge in [0.25, 0.3) is 0 Å². The highest BCUT2D eigenvalue weighted by Gasteiger charge is 2.60. The van der Waals surface area contributed by atoms with Crippen LogP contribution in [0, 0.1) is 35.5 Å². The van der Waals surface area contributed by atoms with E-state index < -0.39 is 28.8 Å². The summed E-state index contributed by atoms with van der Waals surface area (Å²) in [6.45, 7) is 14.0. The predicted molar refractivity (Wildman–Crippen MR) is 151 cm³/mol. The quantitative estimate of drug-likeness (QED) is 0.391. The fourth-order valence-electron chi connectivity index (χ4n) is 6.70. The second-order valence-corrected chi connectivity index (χ2v) is 13.1. The summed E-state index contributed by atoms with van der Waals surface area (Å²) in [6.07, 6.45) is 2.37. The van der Waals surface area contributed by atoms with Gasteiger partial charge in [0.1, 0.15) is 22.9 Å². The third kappa shape index (κ3) is 6.75. The lowest BCUT2D eigenvalue weighted by atomic mass is 9.71. The van der Waals surface area contributed by atoms with Crippen molar-refractivity contribution in [1.82, 2.24) is 0 Å². The van der Waals surface area contributed by atoms with Crippen molar-refractivity contribution in [3.05, 3.63) is 29.8 Å². The molecule has 0 aromatic heterocycles. The van der Waals surface area contributed by atoms with Gasteiger partial charge in [0.15, 0.2) is 5.60 Å². The maximum atomic E-state index is 13.8. The molecule has 2 aliphatic rings. The SMILES string of the molecule is CC[C@H]1OC(=O)C(C)C[C@H](C)C[C@@H](C)C[C@@H](C)C(=O)C(C)C2C(SCc3ccc(OC)cc3)C(=O)O[C@@]21C. The Balaban J connectivity index is 1.97. The molecule has 0 saturated carbocycles. The molecule has 212 valence electrons. The summed E-state index contributed by atoms with van der Waals surface area (Å²) < 4.78 is 17.5. The number of benzene rings is 1. The van der Waals surface area contributed by atoms with Gasteiger partial charge in [-0.1, -0.05) is 53.7 Å². The van der Waals surface area contributed by atoms with E-state index in [2.05, 4.69) is 13.8 Å². The average Bonchev–Trinajstić information content (AvgIpc) is 3.13. The lowest BCUT2D eigenvalue weighted by Crippen LogP contribution is -2.52. The largest absolute Gasteiger partial charge is 0.497 e. The van der Waals surface area contributed by atoms with Crippen molar-refractivity contribution in [2.45, 2.75) is 96.9 Å². The summed E-state index contributed by atoms with van der Waals surface area (Å²) in [4.78, 5) is 40.5. The van der Waals surface area contributed by atoms with Gasteiger partial charge in [0.05, 0.1) is 13.0 Å². The Morgan fingerprint density at radius 3 is 2.11 bits per heavy atom. The van der Waals surface area contributed by atoms with Gasteiger partial charge in [-0.05, 0) is 62.1 Å². The number of ketones is 1. The molecule has 1 aromatic rings. The Morgan fingerprint density at radius 1 is 0.921 bits per heavy atom. The number of ether oxygens (including phenoxy) is 3. The summed E-state index contributed by atoms with van der Waals surface area (Å²) in [5, 5.41) is -0.538. The Labute approximate surface area is 232 Å². The van der Waals surface area contributed by atoms with Gasteiger partial charge in [0.2, 0.25) is 0 Å². The van der Waals surface area contributed by atoms with Gasteiger partial charge in [0, 0.05) is 23.5 Å². The second kappa shape index (κ2) is 12.9. The molecule has 1 aromatic carbocycles. The van der Waals surface area contributed by atoms with Gasteiger partial charge >= 0.3 is 11.9 Å². The normalized spacial score (nSPS) is 37.1. The standard InChI is InChI=1S/C31H46O6S/c1-9-25-31(7)26(28(30(34)37-31)38-17-23-10-12-24(35-8)13-11-23)22(6)27(32)20(4)15-18(2)14-19(3)16-21(5)29(33)36-25/h10-13,18-22,25-26,28H,9,14-17H2,1-8H3/t18-,19-,20-,21?,22?,25-,26?,28?,31-/m1/s1. The third-order valence-electron chi connectivity index (χ3n) is 8.59. The highest BCUT2D eigenvalue weighted by molar-refractivity contribution is 7.99. The van der Waals surface area contributed by atoms with E-state index in [-0.39, 0.29) is 29.6 Å². The fraction of sp³-hybridized carbons (Fsp3) is 0.710. The Bertz CT molecular complexity index is 977. The van der Waals surface area contributed by atoms with Crippen LogP contribution < -0.4 is 4.74 Å². The van der Waals surface area contributed by atoms with Crippen molar-refractivity contribution < 1.29 is 28.6 Å². The van der Waals surface area contributed by atoms with Crippen LogP contribution >= 0.6 is 11.8 Å². The van der Waals surface area contributed by atoms with Gasteiger partial charge in [-0.25, -0.2) is 0 Å². The van der Waals surface area contributed by atoms with Gasteiger partial charge < -0.3 is 14.2 Å². The Hall–Kier alpha value is -2.02. The maximum absolute atomic E-state index is 13.8. The first kappa shape index (κ1) is 30.5. The number of thioether (sulfide) groups is 1. The van der Waals surface area contributed by atoms with E-state index in [4.69, 9.17) is 14.2 Å². The first-order valence-electron chi connectivity index (χ1n) is 14.1. The number of carbonyl (C=O) groups is 3. The molecule has 0 aliphatic carbocycles. The first-order valence-corrected chi connectivity index (χ1v) is 15.2. The molecular weight excluding hydrogens is 500 g/mol. The van der Waals surface area contributed by atoms with Crippen LogP contribution in [0.3, 0.4) is 0 Å². The summed E-state index contributed by atoms with van der Waals surface area (Å²) in [5.41, 5.74) is -0.0322. The molecule has 0 bridgehead atoms. The molecule has 2 fully saturated rings. The summed E-state index contributed by atoms with van der Waals surface area (Å²) in [6, 6.07) is 7.77. The molecule has 3 rings (SSSR count). The van der Waals surface area contributed by atoms with Crippen LogP contribution in [-0.2, 0) is 29.6 Å². The van der Waals surface area contributed by atoms with Crippen LogP contribution in [0.4, 0.5) is 0 Å². The number of fused-ring (bicyclic) bond motifs is 1. The van der Waals surface area contributed by atoms with E-state index in [1.54, 1.807) is 7.11 Å². The number of hydrogen-bond acceptors (Lipinski definition) is 7. The zero-order valence-electron chi connectivity index (χ0n) is 24.3.